The Bertz CT molecular complexity index is 670. The van der Waals surface area contributed by atoms with Crippen LogP contribution >= 0.6 is 15.9 Å². The highest BCUT2D eigenvalue weighted by atomic mass is 79.9. The third-order valence-electron chi connectivity index (χ3n) is 3.58. The number of hydrogen-bond donors (Lipinski definition) is 1. The zero-order valence-corrected chi connectivity index (χ0v) is 15.1. The van der Waals surface area contributed by atoms with Crippen LogP contribution in [0.1, 0.15) is 0 Å². The summed E-state index contributed by atoms with van der Waals surface area (Å²) in [5.41, 5.74) is 0. The van der Waals surface area contributed by atoms with Crippen LogP contribution < -0.4 is 5.32 Å². The minimum atomic E-state index is -3.49. The molecular weight excluding hydrogens is 382 g/mol. The van der Waals surface area contributed by atoms with E-state index in [0.717, 1.165) is 4.47 Å². The van der Waals surface area contributed by atoms with Gasteiger partial charge >= 0.3 is 0 Å². The second-order valence-electron chi connectivity index (χ2n) is 5.23. The summed E-state index contributed by atoms with van der Waals surface area (Å²) >= 11 is 3.29. The van der Waals surface area contributed by atoms with E-state index in [0.29, 0.717) is 32.7 Å². The standard InChI is InChI=1S/C15H20BrN3O3S/c1-2-6-17-15(20)12-18-7-9-19(10-8-18)23(21,22)14-5-3-4-13(16)11-14/h2-5,11H,1,6-10,12H2,(H,17,20). The van der Waals surface area contributed by atoms with E-state index in [1.807, 2.05) is 4.90 Å². The molecule has 1 amide bonds. The molecule has 1 aliphatic rings. The molecule has 8 heteroatoms. The maximum Gasteiger partial charge on any atom is 0.243 e. The SMILES string of the molecule is C=CCNC(=O)CN1CCN(S(=O)(=O)c2cccc(Br)c2)CC1. The van der Waals surface area contributed by atoms with Crippen molar-refractivity contribution in [3.05, 3.63) is 41.4 Å². The zero-order chi connectivity index (χ0) is 16.9. The number of amides is 1. The van der Waals surface area contributed by atoms with Crippen molar-refractivity contribution in [1.29, 1.82) is 0 Å². The number of nitrogens with zero attached hydrogens (tertiary/aromatic N) is 2. The topological polar surface area (TPSA) is 69.7 Å². The molecule has 1 fully saturated rings. The van der Waals surface area contributed by atoms with Crippen LogP contribution in [0.3, 0.4) is 0 Å². The lowest BCUT2D eigenvalue weighted by Crippen LogP contribution is -2.51. The first kappa shape index (κ1) is 18.1. The Kier molecular flexibility index (Phi) is 6.34. The van der Waals surface area contributed by atoms with Gasteiger partial charge < -0.3 is 5.32 Å². The molecule has 1 heterocycles. The number of carbonyl (C=O) groups excluding carboxylic acids is 1. The van der Waals surface area contributed by atoms with E-state index < -0.39 is 10.0 Å². The van der Waals surface area contributed by atoms with E-state index in [1.54, 1.807) is 30.3 Å². The zero-order valence-electron chi connectivity index (χ0n) is 12.7. The number of hydrogen-bond acceptors (Lipinski definition) is 4. The van der Waals surface area contributed by atoms with Crippen molar-refractivity contribution in [3.63, 3.8) is 0 Å². The van der Waals surface area contributed by atoms with Crippen molar-refractivity contribution >= 4 is 31.9 Å². The highest BCUT2D eigenvalue weighted by Gasteiger charge is 2.29. The fourth-order valence-corrected chi connectivity index (χ4v) is 4.37. The molecule has 1 aromatic carbocycles. The Labute approximate surface area is 145 Å². The third kappa shape index (κ3) is 4.87. The smallest absolute Gasteiger partial charge is 0.243 e. The summed E-state index contributed by atoms with van der Waals surface area (Å²) in [7, 11) is -3.49. The number of piperazine rings is 1. The molecule has 0 spiro atoms. The quantitative estimate of drug-likeness (QED) is 0.723. The van der Waals surface area contributed by atoms with Gasteiger partial charge in [0.05, 0.1) is 11.4 Å². The third-order valence-corrected chi connectivity index (χ3v) is 5.96. The van der Waals surface area contributed by atoms with Gasteiger partial charge in [0.25, 0.3) is 0 Å². The van der Waals surface area contributed by atoms with Crippen molar-refractivity contribution in [1.82, 2.24) is 14.5 Å². The lowest BCUT2D eigenvalue weighted by atomic mass is 10.3. The normalized spacial score (nSPS) is 16.9. The Balaban J connectivity index is 1.93. The summed E-state index contributed by atoms with van der Waals surface area (Å²) in [6, 6.07) is 6.69. The number of halogens is 1. The average molecular weight is 402 g/mol. The minimum Gasteiger partial charge on any atom is -0.352 e. The molecular formula is C15H20BrN3O3S. The summed E-state index contributed by atoms with van der Waals surface area (Å²) in [6.07, 6.45) is 1.63. The van der Waals surface area contributed by atoms with Gasteiger partial charge in [0.1, 0.15) is 0 Å². The van der Waals surface area contributed by atoms with E-state index in [9.17, 15) is 13.2 Å². The first-order valence-corrected chi connectivity index (χ1v) is 9.52. The summed E-state index contributed by atoms with van der Waals surface area (Å²) in [5, 5.41) is 2.72. The lowest BCUT2D eigenvalue weighted by Gasteiger charge is -2.33. The molecule has 0 aliphatic carbocycles. The van der Waals surface area contributed by atoms with Crippen LogP contribution in [0.5, 0.6) is 0 Å². The van der Waals surface area contributed by atoms with Crippen LogP contribution in [-0.2, 0) is 14.8 Å². The van der Waals surface area contributed by atoms with E-state index in [4.69, 9.17) is 0 Å². The van der Waals surface area contributed by atoms with Gasteiger partial charge in [-0.15, -0.1) is 6.58 Å². The Hall–Kier alpha value is -1.22. The Morgan fingerprint density at radius 1 is 1.30 bits per heavy atom. The van der Waals surface area contributed by atoms with Crippen LogP contribution in [0.2, 0.25) is 0 Å². The monoisotopic (exact) mass is 401 g/mol. The van der Waals surface area contributed by atoms with Crippen molar-refractivity contribution in [2.24, 2.45) is 0 Å². The second kappa shape index (κ2) is 8.05. The van der Waals surface area contributed by atoms with Gasteiger partial charge in [0, 0.05) is 37.2 Å². The van der Waals surface area contributed by atoms with E-state index in [-0.39, 0.29) is 17.3 Å². The molecule has 1 N–H and O–H groups in total. The number of rotatable bonds is 6. The number of nitrogens with one attached hydrogen (secondary N) is 1. The van der Waals surface area contributed by atoms with E-state index in [1.165, 1.54) is 4.31 Å². The molecule has 2 rings (SSSR count). The molecule has 1 saturated heterocycles. The predicted octanol–water partition coefficient (Wildman–Crippen LogP) is 1.06. The molecule has 1 aliphatic heterocycles. The molecule has 0 atom stereocenters. The molecule has 23 heavy (non-hydrogen) atoms. The van der Waals surface area contributed by atoms with Crippen molar-refractivity contribution in [3.8, 4) is 0 Å². The highest BCUT2D eigenvalue weighted by Crippen LogP contribution is 2.21. The van der Waals surface area contributed by atoms with Crippen molar-refractivity contribution < 1.29 is 13.2 Å². The lowest BCUT2D eigenvalue weighted by molar-refractivity contribution is -0.122. The molecule has 0 bridgehead atoms. The van der Waals surface area contributed by atoms with Crippen molar-refractivity contribution in [2.75, 3.05) is 39.3 Å². The minimum absolute atomic E-state index is 0.0757. The molecule has 0 unspecified atom stereocenters. The Morgan fingerprint density at radius 3 is 2.61 bits per heavy atom. The van der Waals surface area contributed by atoms with E-state index in [2.05, 4.69) is 27.8 Å². The van der Waals surface area contributed by atoms with Gasteiger partial charge in [-0.1, -0.05) is 28.1 Å². The molecule has 6 nitrogen and oxygen atoms in total. The van der Waals surface area contributed by atoms with E-state index >= 15 is 0 Å². The summed E-state index contributed by atoms with van der Waals surface area (Å²) < 4.78 is 27.4. The molecule has 0 aromatic heterocycles. The maximum atomic E-state index is 12.6. The Morgan fingerprint density at radius 2 is 2.00 bits per heavy atom. The summed E-state index contributed by atoms with van der Waals surface area (Å²) in [6.45, 7) is 6.09. The molecule has 126 valence electrons. The van der Waals surface area contributed by atoms with Crippen LogP contribution in [0.15, 0.2) is 46.3 Å². The average Bonchev–Trinajstić information content (AvgIpc) is 2.53. The van der Waals surface area contributed by atoms with Gasteiger partial charge in [0.2, 0.25) is 15.9 Å². The first-order chi connectivity index (χ1) is 10.9. The van der Waals surface area contributed by atoms with Crippen LogP contribution in [0.25, 0.3) is 0 Å². The van der Waals surface area contributed by atoms with Gasteiger partial charge in [0.15, 0.2) is 0 Å². The molecule has 0 radical (unpaired) electrons. The van der Waals surface area contributed by atoms with Gasteiger partial charge in [-0.05, 0) is 18.2 Å². The maximum absolute atomic E-state index is 12.6. The number of sulfonamides is 1. The van der Waals surface area contributed by atoms with Crippen LogP contribution in [0.4, 0.5) is 0 Å². The molecule has 1 aromatic rings. The fourth-order valence-electron chi connectivity index (χ4n) is 2.35. The van der Waals surface area contributed by atoms with Gasteiger partial charge in [-0.25, -0.2) is 8.42 Å². The van der Waals surface area contributed by atoms with Crippen LogP contribution in [-0.4, -0.2) is 62.8 Å². The predicted molar refractivity (Wildman–Crippen MR) is 92.5 cm³/mol. The fraction of sp³-hybridized carbons (Fsp3) is 0.400. The van der Waals surface area contributed by atoms with Crippen LogP contribution in [0, 0.1) is 0 Å². The number of carbonyl (C=O) groups is 1. The van der Waals surface area contributed by atoms with Crippen molar-refractivity contribution in [2.45, 2.75) is 4.90 Å². The first-order valence-electron chi connectivity index (χ1n) is 7.29. The van der Waals surface area contributed by atoms with Gasteiger partial charge in [-0.3, -0.25) is 9.69 Å². The van der Waals surface area contributed by atoms with Gasteiger partial charge in [-0.2, -0.15) is 4.31 Å². The second-order valence-corrected chi connectivity index (χ2v) is 8.08. The summed E-state index contributed by atoms with van der Waals surface area (Å²) in [5.74, 6) is -0.0757. The highest BCUT2D eigenvalue weighted by molar-refractivity contribution is 9.10. The number of benzene rings is 1. The molecule has 0 saturated carbocycles. The largest absolute Gasteiger partial charge is 0.352 e. The summed E-state index contributed by atoms with van der Waals surface area (Å²) in [4.78, 5) is 13.9.